The molecule has 2 amide bonds. The average Bonchev–Trinajstić information content (AvgIpc) is 2.89. The van der Waals surface area contributed by atoms with Crippen molar-refractivity contribution < 1.29 is 9.59 Å². The number of hydrogen-bond donors (Lipinski definition) is 2. The first kappa shape index (κ1) is 18.0. The molecule has 0 fully saturated rings. The van der Waals surface area contributed by atoms with Gasteiger partial charge in [0.05, 0.1) is 5.69 Å². The van der Waals surface area contributed by atoms with E-state index in [0.29, 0.717) is 27.8 Å². The molecule has 2 rings (SSSR count). The van der Waals surface area contributed by atoms with Gasteiger partial charge in [-0.05, 0) is 32.3 Å². The molecule has 0 saturated heterocycles. The lowest BCUT2D eigenvalue weighted by molar-refractivity contribution is -0.124. The van der Waals surface area contributed by atoms with Gasteiger partial charge in [0.2, 0.25) is 5.91 Å². The van der Waals surface area contributed by atoms with Crippen molar-refractivity contribution in [2.75, 3.05) is 0 Å². The largest absolute Gasteiger partial charge is 0.368 e. The molecule has 24 heavy (non-hydrogen) atoms. The Morgan fingerprint density at radius 1 is 1.33 bits per heavy atom. The molecular formula is C16H21N5O2S. The summed E-state index contributed by atoms with van der Waals surface area (Å²) in [4.78, 5) is 37.5. The second-order valence-corrected chi connectivity index (χ2v) is 7.25. The first-order valence-electron chi connectivity index (χ1n) is 7.60. The number of aryl methyl sites for hydroxylation is 1. The number of hydrogen-bond acceptors (Lipinski definition) is 6. The molecule has 1 atom stereocenters. The molecule has 0 radical (unpaired) electrons. The van der Waals surface area contributed by atoms with Crippen LogP contribution in [0.25, 0.3) is 10.8 Å². The van der Waals surface area contributed by atoms with Gasteiger partial charge in [0, 0.05) is 12.4 Å². The Kier molecular flexibility index (Phi) is 5.28. The molecule has 128 valence electrons. The smallest absolute Gasteiger partial charge is 0.264 e. The monoisotopic (exact) mass is 347 g/mol. The third-order valence-corrected chi connectivity index (χ3v) is 4.66. The van der Waals surface area contributed by atoms with E-state index in [1.54, 1.807) is 32.3 Å². The molecule has 2 heterocycles. The quantitative estimate of drug-likeness (QED) is 0.829. The molecule has 7 nitrogen and oxygen atoms in total. The van der Waals surface area contributed by atoms with E-state index in [-0.39, 0.29) is 11.8 Å². The van der Waals surface area contributed by atoms with Crippen molar-refractivity contribution in [3.05, 3.63) is 29.0 Å². The number of rotatable bonds is 6. The number of primary amides is 1. The van der Waals surface area contributed by atoms with Crippen molar-refractivity contribution in [1.29, 1.82) is 0 Å². The topological polar surface area (TPSA) is 111 Å². The number of nitrogens with one attached hydrogen (secondary N) is 1. The van der Waals surface area contributed by atoms with Gasteiger partial charge in [-0.1, -0.05) is 13.8 Å². The number of aromatic nitrogens is 3. The van der Waals surface area contributed by atoms with Crippen molar-refractivity contribution in [2.45, 2.75) is 39.7 Å². The molecule has 0 saturated carbocycles. The first-order chi connectivity index (χ1) is 11.2. The molecule has 0 aromatic carbocycles. The third-order valence-electron chi connectivity index (χ3n) is 3.51. The second-order valence-electron chi connectivity index (χ2n) is 6.25. The molecule has 0 aliphatic rings. The second kappa shape index (κ2) is 7.04. The SMILES string of the molecule is Cc1nc(-c2ncccn2)sc1C(=O)N[C@](C)(CC(C)C)C(N)=O. The predicted molar refractivity (Wildman–Crippen MR) is 92.4 cm³/mol. The highest BCUT2D eigenvalue weighted by Gasteiger charge is 2.34. The summed E-state index contributed by atoms with van der Waals surface area (Å²) in [5.74, 6) is -0.254. The van der Waals surface area contributed by atoms with Gasteiger partial charge in [-0.2, -0.15) is 0 Å². The number of nitrogens with two attached hydrogens (primary N) is 1. The summed E-state index contributed by atoms with van der Waals surface area (Å²) in [6, 6.07) is 1.71. The van der Waals surface area contributed by atoms with Gasteiger partial charge in [0.15, 0.2) is 10.8 Å². The number of carbonyl (C=O) groups excluding carboxylic acids is 2. The molecule has 2 aromatic rings. The zero-order chi connectivity index (χ0) is 17.9. The zero-order valence-electron chi connectivity index (χ0n) is 14.2. The van der Waals surface area contributed by atoms with Crippen LogP contribution in [0.15, 0.2) is 18.5 Å². The Hall–Kier alpha value is -2.35. The van der Waals surface area contributed by atoms with E-state index < -0.39 is 11.4 Å². The Balaban J connectivity index is 2.27. The molecular weight excluding hydrogens is 326 g/mol. The van der Waals surface area contributed by atoms with E-state index >= 15 is 0 Å². The summed E-state index contributed by atoms with van der Waals surface area (Å²) in [5, 5.41) is 3.32. The van der Waals surface area contributed by atoms with Crippen LogP contribution in [-0.2, 0) is 4.79 Å². The third kappa shape index (κ3) is 3.94. The van der Waals surface area contributed by atoms with E-state index in [9.17, 15) is 9.59 Å². The van der Waals surface area contributed by atoms with Crippen LogP contribution in [0.4, 0.5) is 0 Å². The van der Waals surface area contributed by atoms with Gasteiger partial charge >= 0.3 is 0 Å². The lowest BCUT2D eigenvalue weighted by Gasteiger charge is -2.29. The number of carbonyl (C=O) groups is 2. The van der Waals surface area contributed by atoms with Gasteiger partial charge in [0.1, 0.15) is 10.4 Å². The summed E-state index contributed by atoms with van der Waals surface area (Å²) in [6.07, 6.45) is 3.69. The maximum atomic E-state index is 12.6. The van der Waals surface area contributed by atoms with Crippen LogP contribution >= 0.6 is 11.3 Å². The van der Waals surface area contributed by atoms with E-state index in [2.05, 4.69) is 20.3 Å². The molecule has 0 unspecified atom stereocenters. The first-order valence-corrected chi connectivity index (χ1v) is 8.42. The highest BCUT2D eigenvalue weighted by atomic mass is 32.1. The molecule has 0 bridgehead atoms. The molecule has 3 N–H and O–H groups in total. The van der Waals surface area contributed by atoms with E-state index in [0.717, 1.165) is 0 Å². The maximum Gasteiger partial charge on any atom is 0.264 e. The normalized spacial score (nSPS) is 13.5. The molecule has 8 heteroatoms. The Labute approximate surface area is 144 Å². The standard InChI is InChI=1S/C16H21N5O2S/c1-9(2)8-16(4,15(17)23)21-13(22)11-10(3)20-14(24-11)12-18-6-5-7-19-12/h5-7,9H,8H2,1-4H3,(H2,17,23)(H,21,22)/t16-/m1/s1. The van der Waals surface area contributed by atoms with Crippen LogP contribution in [-0.4, -0.2) is 32.3 Å². The zero-order valence-corrected chi connectivity index (χ0v) is 15.0. The van der Waals surface area contributed by atoms with Crippen molar-refractivity contribution >= 4 is 23.2 Å². The van der Waals surface area contributed by atoms with Crippen LogP contribution in [0.2, 0.25) is 0 Å². The van der Waals surface area contributed by atoms with Crippen LogP contribution in [0.5, 0.6) is 0 Å². The molecule has 2 aromatic heterocycles. The summed E-state index contributed by atoms with van der Waals surface area (Å²) in [6.45, 7) is 7.32. The van der Waals surface area contributed by atoms with Crippen molar-refractivity contribution in [1.82, 2.24) is 20.3 Å². The summed E-state index contributed by atoms with van der Waals surface area (Å²) in [7, 11) is 0. The Morgan fingerprint density at radius 2 is 1.96 bits per heavy atom. The van der Waals surface area contributed by atoms with Gasteiger partial charge in [-0.25, -0.2) is 15.0 Å². The van der Waals surface area contributed by atoms with Gasteiger partial charge < -0.3 is 11.1 Å². The molecule has 0 aliphatic heterocycles. The highest BCUT2D eigenvalue weighted by Crippen LogP contribution is 2.26. The summed E-state index contributed by atoms with van der Waals surface area (Å²) in [5.41, 5.74) is 4.95. The van der Waals surface area contributed by atoms with E-state index in [1.165, 1.54) is 11.3 Å². The highest BCUT2D eigenvalue weighted by molar-refractivity contribution is 7.17. The van der Waals surface area contributed by atoms with Gasteiger partial charge in [-0.3, -0.25) is 9.59 Å². The minimum Gasteiger partial charge on any atom is -0.368 e. The van der Waals surface area contributed by atoms with E-state index in [1.807, 2.05) is 13.8 Å². The van der Waals surface area contributed by atoms with Crippen LogP contribution in [0.1, 0.15) is 42.6 Å². The Morgan fingerprint density at radius 3 is 2.50 bits per heavy atom. The average molecular weight is 347 g/mol. The summed E-state index contributed by atoms with van der Waals surface area (Å²) < 4.78 is 0. The lowest BCUT2D eigenvalue weighted by Crippen LogP contribution is -2.56. The minimum atomic E-state index is -1.11. The van der Waals surface area contributed by atoms with Crippen LogP contribution in [0, 0.1) is 12.8 Å². The fraction of sp³-hybridized carbons (Fsp3) is 0.438. The van der Waals surface area contributed by atoms with Crippen LogP contribution < -0.4 is 11.1 Å². The molecule has 0 spiro atoms. The lowest BCUT2D eigenvalue weighted by atomic mass is 9.90. The van der Waals surface area contributed by atoms with Crippen molar-refractivity contribution in [3.63, 3.8) is 0 Å². The molecule has 0 aliphatic carbocycles. The fourth-order valence-electron chi connectivity index (χ4n) is 2.45. The Bertz CT molecular complexity index is 744. The van der Waals surface area contributed by atoms with Crippen LogP contribution in [0.3, 0.4) is 0 Å². The van der Waals surface area contributed by atoms with E-state index in [4.69, 9.17) is 5.73 Å². The van der Waals surface area contributed by atoms with Gasteiger partial charge in [0.25, 0.3) is 5.91 Å². The number of thiazole rings is 1. The maximum absolute atomic E-state index is 12.6. The fourth-order valence-corrected chi connectivity index (χ4v) is 3.36. The summed E-state index contributed by atoms with van der Waals surface area (Å²) >= 11 is 1.19. The van der Waals surface area contributed by atoms with Crippen molar-refractivity contribution in [2.24, 2.45) is 11.7 Å². The van der Waals surface area contributed by atoms with Gasteiger partial charge in [-0.15, -0.1) is 11.3 Å². The number of amides is 2. The predicted octanol–water partition coefficient (Wildman–Crippen LogP) is 1.93. The minimum absolute atomic E-state index is 0.207. The van der Waals surface area contributed by atoms with Crippen molar-refractivity contribution in [3.8, 4) is 10.8 Å². The number of nitrogens with zero attached hydrogens (tertiary/aromatic N) is 3.